The van der Waals surface area contributed by atoms with E-state index in [0.717, 1.165) is 5.69 Å². The van der Waals surface area contributed by atoms with Crippen LogP contribution in [0.25, 0.3) is 5.65 Å². The monoisotopic (exact) mass is 370 g/mol. The third kappa shape index (κ3) is 3.36. The van der Waals surface area contributed by atoms with Gasteiger partial charge in [0.25, 0.3) is 10.0 Å². The summed E-state index contributed by atoms with van der Waals surface area (Å²) in [4.78, 5) is 19.9. The largest absolute Gasteiger partial charge is 0.288 e. The second-order valence-electron chi connectivity index (χ2n) is 4.65. The molecule has 0 bridgehead atoms. The van der Waals surface area contributed by atoms with Crippen molar-refractivity contribution >= 4 is 44.5 Å². The van der Waals surface area contributed by atoms with Crippen LogP contribution in [0.15, 0.2) is 40.3 Å². The predicted molar refractivity (Wildman–Crippen MR) is 86.0 cm³/mol. The number of rotatable bonds is 5. The van der Waals surface area contributed by atoms with Crippen LogP contribution in [0.5, 0.6) is 0 Å². The first-order valence-electron chi connectivity index (χ1n) is 6.52. The van der Waals surface area contributed by atoms with Crippen molar-refractivity contribution in [3.05, 3.63) is 46.1 Å². The summed E-state index contributed by atoms with van der Waals surface area (Å²) in [5.74, 6) is -0.625. The van der Waals surface area contributed by atoms with E-state index in [2.05, 4.69) is 9.97 Å². The van der Waals surface area contributed by atoms with E-state index in [1.807, 2.05) is 10.1 Å². The highest BCUT2D eigenvalue weighted by molar-refractivity contribution is 7.90. The molecule has 0 aromatic carbocycles. The minimum atomic E-state index is -4.11. The highest BCUT2D eigenvalue weighted by Crippen LogP contribution is 2.22. The second-order valence-corrected chi connectivity index (χ2v) is 7.32. The van der Waals surface area contributed by atoms with Crippen molar-refractivity contribution in [2.24, 2.45) is 0 Å². The number of fused-ring (bicyclic) bond motifs is 1. The first-order valence-corrected chi connectivity index (χ1v) is 9.33. The van der Waals surface area contributed by atoms with Crippen LogP contribution < -0.4 is 4.72 Å². The lowest BCUT2D eigenvalue weighted by Gasteiger charge is -2.06. The van der Waals surface area contributed by atoms with E-state index < -0.39 is 15.9 Å². The molecule has 0 spiro atoms. The SMILES string of the molecule is O=C(CCc1cscn1)NS(=O)(=O)c1c(Cl)nc2ccccn12. The molecule has 0 aliphatic heterocycles. The first kappa shape index (κ1) is 15.9. The number of amides is 1. The van der Waals surface area contributed by atoms with E-state index in [4.69, 9.17) is 11.6 Å². The summed E-state index contributed by atoms with van der Waals surface area (Å²) in [7, 11) is -4.11. The summed E-state index contributed by atoms with van der Waals surface area (Å²) in [6.45, 7) is 0. The number of thiazole rings is 1. The molecule has 0 saturated carbocycles. The molecule has 3 rings (SSSR count). The Labute approximate surface area is 141 Å². The van der Waals surface area contributed by atoms with E-state index in [0.29, 0.717) is 12.1 Å². The first-order chi connectivity index (χ1) is 11.0. The maximum absolute atomic E-state index is 12.4. The fraction of sp³-hybridized carbons (Fsp3) is 0.154. The van der Waals surface area contributed by atoms with E-state index in [1.54, 1.807) is 23.7 Å². The van der Waals surface area contributed by atoms with Crippen LogP contribution in [-0.2, 0) is 21.2 Å². The maximum Gasteiger partial charge on any atom is 0.283 e. The standard InChI is InChI=1S/C13H11ClN4O3S2/c14-12-13(18-6-2-1-3-10(18)16-12)23(20,21)17-11(19)5-4-9-7-22-8-15-9/h1-3,6-8H,4-5H2,(H,17,19). The summed E-state index contributed by atoms with van der Waals surface area (Å²) in [5, 5.41) is 1.37. The molecule has 0 saturated heterocycles. The molecule has 0 radical (unpaired) electrons. The number of aryl methyl sites for hydroxylation is 1. The van der Waals surface area contributed by atoms with Crippen molar-refractivity contribution in [1.82, 2.24) is 19.1 Å². The number of imidazole rings is 1. The zero-order valence-corrected chi connectivity index (χ0v) is 14.0. The summed E-state index contributed by atoms with van der Waals surface area (Å²) < 4.78 is 28.2. The average Bonchev–Trinajstić information content (AvgIpc) is 3.10. The van der Waals surface area contributed by atoms with Crippen molar-refractivity contribution in [2.45, 2.75) is 17.9 Å². The van der Waals surface area contributed by atoms with Crippen molar-refractivity contribution in [3.63, 3.8) is 0 Å². The molecule has 3 aromatic rings. The smallest absolute Gasteiger partial charge is 0.283 e. The Morgan fingerprint density at radius 2 is 2.22 bits per heavy atom. The fourth-order valence-corrected chi connectivity index (χ4v) is 4.29. The second kappa shape index (κ2) is 6.26. The van der Waals surface area contributed by atoms with Crippen molar-refractivity contribution in [2.75, 3.05) is 0 Å². The van der Waals surface area contributed by atoms with Gasteiger partial charge < -0.3 is 0 Å². The molecule has 3 aromatic heterocycles. The van der Waals surface area contributed by atoms with Gasteiger partial charge in [-0.25, -0.2) is 14.7 Å². The molecule has 10 heteroatoms. The zero-order chi connectivity index (χ0) is 16.4. The number of hydrogen-bond acceptors (Lipinski definition) is 6. The summed E-state index contributed by atoms with van der Waals surface area (Å²) in [6.07, 6.45) is 1.89. The number of pyridine rings is 1. The minimum Gasteiger partial charge on any atom is -0.288 e. The van der Waals surface area contributed by atoms with Gasteiger partial charge in [0.15, 0.2) is 10.2 Å². The average molecular weight is 371 g/mol. The summed E-state index contributed by atoms with van der Waals surface area (Å²) in [5.41, 5.74) is 2.78. The molecule has 23 heavy (non-hydrogen) atoms. The number of sulfonamides is 1. The van der Waals surface area contributed by atoms with Crippen molar-refractivity contribution in [1.29, 1.82) is 0 Å². The number of carbonyl (C=O) groups excluding carboxylic acids is 1. The summed E-state index contributed by atoms with van der Waals surface area (Å²) >= 11 is 7.34. The molecule has 1 N–H and O–H groups in total. The zero-order valence-electron chi connectivity index (χ0n) is 11.6. The number of nitrogens with zero attached hydrogens (tertiary/aromatic N) is 3. The predicted octanol–water partition coefficient (Wildman–Crippen LogP) is 1.88. The van der Waals surface area contributed by atoms with Crippen LogP contribution in [-0.4, -0.2) is 28.7 Å². The van der Waals surface area contributed by atoms with E-state index in [-0.39, 0.29) is 16.6 Å². The number of halogens is 1. The van der Waals surface area contributed by atoms with E-state index >= 15 is 0 Å². The highest BCUT2D eigenvalue weighted by Gasteiger charge is 2.26. The third-order valence-electron chi connectivity index (χ3n) is 3.04. The molecule has 0 unspecified atom stereocenters. The van der Waals surface area contributed by atoms with Crippen molar-refractivity contribution in [3.8, 4) is 0 Å². The lowest BCUT2D eigenvalue weighted by molar-refractivity contribution is -0.119. The molecule has 3 heterocycles. The van der Waals surface area contributed by atoms with Crippen LogP contribution in [0.4, 0.5) is 0 Å². The molecule has 0 fully saturated rings. The van der Waals surface area contributed by atoms with Gasteiger partial charge in [0.2, 0.25) is 5.91 Å². The number of hydrogen-bond donors (Lipinski definition) is 1. The Kier molecular flexibility index (Phi) is 4.33. The van der Waals surface area contributed by atoms with Crippen LogP contribution in [0, 0.1) is 0 Å². The Bertz CT molecular complexity index is 951. The molecule has 120 valence electrons. The highest BCUT2D eigenvalue weighted by atomic mass is 35.5. The van der Waals surface area contributed by atoms with Crippen LogP contribution in [0.1, 0.15) is 12.1 Å². The van der Waals surface area contributed by atoms with Crippen LogP contribution in [0.3, 0.4) is 0 Å². The molecule has 0 atom stereocenters. The van der Waals surface area contributed by atoms with E-state index in [1.165, 1.54) is 21.9 Å². The minimum absolute atomic E-state index is 0.0112. The molecule has 0 aliphatic carbocycles. The quantitative estimate of drug-likeness (QED) is 0.740. The lowest BCUT2D eigenvalue weighted by Crippen LogP contribution is -2.31. The Morgan fingerprint density at radius 1 is 1.39 bits per heavy atom. The van der Waals surface area contributed by atoms with Crippen LogP contribution in [0.2, 0.25) is 5.15 Å². The van der Waals surface area contributed by atoms with Gasteiger partial charge in [0.1, 0.15) is 5.65 Å². The third-order valence-corrected chi connectivity index (χ3v) is 5.45. The Hall–Kier alpha value is -1.97. The van der Waals surface area contributed by atoms with Gasteiger partial charge in [-0.05, 0) is 18.6 Å². The fourth-order valence-electron chi connectivity index (χ4n) is 2.04. The van der Waals surface area contributed by atoms with Gasteiger partial charge in [-0.3, -0.25) is 9.20 Å². The number of aromatic nitrogens is 3. The number of carbonyl (C=O) groups is 1. The van der Waals surface area contributed by atoms with Crippen LogP contribution >= 0.6 is 22.9 Å². The Balaban J connectivity index is 1.80. The van der Waals surface area contributed by atoms with Gasteiger partial charge in [-0.2, -0.15) is 8.42 Å². The van der Waals surface area contributed by atoms with Gasteiger partial charge >= 0.3 is 0 Å². The molecular formula is C13H11ClN4O3S2. The van der Waals surface area contributed by atoms with Gasteiger partial charge in [0, 0.05) is 18.0 Å². The Morgan fingerprint density at radius 3 is 2.96 bits per heavy atom. The van der Waals surface area contributed by atoms with Gasteiger partial charge in [-0.1, -0.05) is 17.7 Å². The van der Waals surface area contributed by atoms with Gasteiger partial charge in [0.05, 0.1) is 11.2 Å². The lowest BCUT2D eigenvalue weighted by atomic mass is 10.2. The normalized spacial score (nSPS) is 11.7. The maximum atomic E-state index is 12.4. The summed E-state index contributed by atoms with van der Waals surface area (Å²) in [6, 6.07) is 4.98. The molecule has 7 nitrogen and oxygen atoms in total. The van der Waals surface area contributed by atoms with Gasteiger partial charge in [-0.15, -0.1) is 11.3 Å². The van der Waals surface area contributed by atoms with E-state index in [9.17, 15) is 13.2 Å². The topological polar surface area (TPSA) is 93.4 Å². The molecular weight excluding hydrogens is 360 g/mol. The molecule has 1 amide bonds. The molecule has 0 aliphatic rings. The number of nitrogens with one attached hydrogen (secondary N) is 1. The van der Waals surface area contributed by atoms with Crippen molar-refractivity contribution < 1.29 is 13.2 Å².